The van der Waals surface area contributed by atoms with Crippen LogP contribution in [0, 0.1) is 0 Å². The van der Waals surface area contributed by atoms with Crippen molar-refractivity contribution in [1.29, 1.82) is 0 Å². The monoisotopic (exact) mass is 391 g/mol. The highest BCUT2D eigenvalue weighted by molar-refractivity contribution is 5.79. The number of fused-ring (bicyclic) bond motifs is 2. The molecule has 9 heteroatoms. The lowest BCUT2D eigenvalue weighted by Gasteiger charge is -2.32. The molecule has 29 heavy (non-hydrogen) atoms. The molecule has 0 bridgehead atoms. The molecule has 1 fully saturated rings. The number of rotatable bonds is 2. The second-order valence-corrected chi connectivity index (χ2v) is 7.46. The Balaban J connectivity index is 1.67. The first-order valence-electron chi connectivity index (χ1n) is 9.67. The summed E-state index contributed by atoms with van der Waals surface area (Å²) in [6.45, 7) is 2.82. The van der Waals surface area contributed by atoms with Gasteiger partial charge in [-0.3, -0.25) is 13.9 Å². The molecule has 1 amide bonds. The van der Waals surface area contributed by atoms with Gasteiger partial charge in [0.05, 0.1) is 29.5 Å². The van der Waals surface area contributed by atoms with E-state index in [1.165, 1.54) is 0 Å². The second-order valence-electron chi connectivity index (χ2n) is 7.46. The number of carbonyl (C=O) groups is 1. The summed E-state index contributed by atoms with van der Waals surface area (Å²) in [4.78, 5) is 35.9. The van der Waals surface area contributed by atoms with Crippen molar-refractivity contribution in [2.75, 3.05) is 13.1 Å². The number of imidazole rings is 1. The van der Waals surface area contributed by atoms with Crippen molar-refractivity contribution in [2.45, 2.75) is 25.8 Å². The molecule has 0 spiro atoms. The lowest BCUT2D eigenvalue weighted by atomic mass is 10.1. The van der Waals surface area contributed by atoms with Crippen LogP contribution in [0.3, 0.4) is 0 Å². The minimum absolute atomic E-state index is 0.0321. The van der Waals surface area contributed by atoms with Crippen LogP contribution >= 0.6 is 0 Å². The number of carbonyl (C=O) groups excluding carboxylic acids is 1. The van der Waals surface area contributed by atoms with E-state index in [9.17, 15) is 9.59 Å². The molecule has 4 aromatic rings. The maximum Gasteiger partial charge on any atom is 0.330 e. The summed E-state index contributed by atoms with van der Waals surface area (Å²) in [5.74, 6) is 0.557. The highest BCUT2D eigenvalue weighted by atomic mass is 16.2. The van der Waals surface area contributed by atoms with Crippen LogP contribution in [0.15, 0.2) is 41.6 Å². The first-order chi connectivity index (χ1) is 14.0. The van der Waals surface area contributed by atoms with Gasteiger partial charge in [0.1, 0.15) is 5.52 Å². The van der Waals surface area contributed by atoms with Gasteiger partial charge in [-0.2, -0.15) is 5.10 Å². The third-order valence-electron chi connectivity index (χ3n) is 5.71. The predicted octanol–water partition coefficient (Wildman–Crippen LogP) is 1.63. The second kappa shape index (κ2) is 6.54. The normalized spacial score (nSPS) is 17.3. The number of amides is 1. The number of pyridine rings is 1. The molecule has 0 radical (unpaired) electrons. The number of nitrogens with zero attached hydrogens (tertiary/aromatic N) is 7. The summed E-state index contributed by atoms with van der Waals surface area (Å²) < 4.78 is 5.07. The van der Waals surface area contributed by atoms with E-state index in [1.807, 2.05) is 24.4 Å². The lowest BCUT2D eigenvalue weighted by Crippen LogP contribution is -2.42. The van der Waals surface area contributed by atoms with Crippen molar-refractivity contribution in [1.82, 2.24) is 33.6 Å². The summed E-state index contributed by atoms with van der Waals surface area (Å²) in [6.07, 6.45) is 6.99. The Labute approximate surface area is 166 Å². The first-order valence-corrected chi connectivity index (χ1v) is 9.67. The Hall–Kier alpha value is -3.49. The number of hydrogen-bond donors (Lipinski definition) is 0. The van der Waals surface area contributed by atoms with Crippen LogP contribution in [-0.2, 0) is 11.8 Å². The third kappa shape index (κ3) is 2.72. The summed E-state index contributed by atoms with van der Waals surface area (Å²) >= 11 is 0. The standard InChI is InChI=1S/C20H21N7O2/c1-13(28)25-8-5-6-14(12-25)27-19-17(24(2)20(27)29)11-21-18(23-19)15-10-22-26-9-4-3-7-16(15)26/h3-4,7,9-11,14H,5-6,8,12H2,1-2H3/t14-/m0/s1. The van der Waals surface area contributed by atoms with Gasteiger partial charge in [0, 0.05) is 33.3 Å². The van der Waals surface area contributed by atoms with Crippen LogP contribution in [-0.4, -0.2) is 52.6 Å². The fourth-order valence-electron chi connectivity index (χ4n) is 4.15. The summed E-state index contributed by atoms with van der Waals surface area (Å²) in [5.41, 5.74) is 2.84. The van der Waals surface area contributed by atoms with Gasteiger partial charge in [0.25, 0.3) is 0 Å². The Bertz CT molecular complexity index is 1300. The molecule has 148 valence electrons. The highest BCUT2D eigenvalue weighted by Gasteiger charge is 2.27. The molecule has 1 saturated heterocycles. The van der Waals surface area contributed by atoms with Crippen molar-refractivity contribution in [3.8, 4) is 11.4 Å². The van der Waals surface area contributed by atoms with Crippen molar-refractivity contribution in [3.63, 3.8) is 0 Å². The van der Waals surface area contributed by atoms with Gasteiger partial charge in [-0.1, -0.05) is 6.07 Å². The van der Waals surface area contributed by atoms with Gasteiger partial charge in [0.15, 0.2) is 11.5 Å². The highest BCUT2D eigenvalue weighted by Crippen LogP contribution is 2.26. The van der Waals surface area contributed by atoms with Crippen LogP contribution in [0.1, 0.15) is 25.8 Å². The van der Waals surface area contributed by atoms with Crippen molar-refractivity contribution >= 4 is 22.6 Å². The molecule has 5 heterocycles. The fraction of sp³-hybridized carbons (Fsp3) is 0.350. The van der Waals surface area contributed by atoms with E-state index in [0.717, 1.165) is 30.5 Å². The molecule has 0 N–H and O–H groups in total. The Morgan fingerprint density at radius 2 is 2.07 bits per heavy atom. The van der Waals surface area contributed by atoms with Gasteiger partial charge in [-0.25, -0.2) is 19.3 Å². The maximum atomic E-state index is 13.0. The molecule has 1 aliphatic rings. The first kappa shape index (κ1) is 17.6. The van der Waals surface area contributed by atoms with Crippen LogP contribution < -0.4 is 5.69 Å². The third-order valence-corrected chi connectivity index (χ3v) is 5.71. The molecule has 9 nitrogen and oxygen atoms in total. The Morgan fingerprint density at radius 1 is 1.21 bits per heavy atom. The number of piperidine rings is 1. The topological polar surface area (TPSA) is 90.3 Å². The maximum absolute atomic E-state index is 13.0. The Morgan fingerprint density at radius 3 is 2.90 bits per heavy atom. The van der Waals surface area contributed by atoms with Crippen LogP contribution in [0.25, 0.3) is 28.1 Å². The number of aromatic nitrogens is 6. The number of aryl methyl sites for hydroxylation is 1. The molecule has 4 aromatic heterocycles. The average Bonchev–Trinajstić information content (AvgIpc) is 3.27. The quantitative estimate of drug-likeness (QED) is 0.518. The van der Waals surface area contributed by atoms with Crippen LogP contribution in [0.4, 0.5) is 0 Å². The molecular weight excluding hydrogens is 370 g/mol. The Kier molecular flexibility index (Phi) is 3.97. The predicted molar refractivity (Wildman–Crippen MR) is 107 cm³/mol. The smallest absolute Gasteiger partial charge is 0.330 e. The summed E-state index contributed by atoms with van der Waals surface area (Å²) in [7, 11) is 1.73. The lowest BCUT2D eigenvalue weighted by molar-refractivity contribution is -0.130. The zero-order valence-corrected chi connectivity index (χ0v) is 16.3. The fourth-order valence-corrected chi connectivity index (χ4v) is 4.15. The zero-order valence-electron chi connectivity index (χ0n) is 16.3. The molecule has 1 atom stereocenters. The molecule has 0 unspecified atom stereocenters. The molecule has 0 aromatic carbocycles. The minimum atomic E-state index is -0.137. The molecule has 0 aliphatic carbocycles. The summed E-state index contributed by atoms with van der Waals surface area (Å²) in [5, 5.41) is 4.36. The van der Waals surface area contributed by atoms with E-state index < -0.39 is 0 Å². The van der Waals surface area contributed by atoms with Crippen molar-refractivity contribution in [2.24, 2.45) is 7.05 Å². The van der Waals surface area contributed by atoms with E-state index in [-0.39, 0.29) is 17.6 Å². The molecule has 0 saturated carbocycles. The van der Waals surface area contributed by atoms with Crippen LogP contribution in [0.5, 0.6) is 0 Å². The average molecular weight is 391 g/mol. The van der Waals surface area contributed by atoms with Gasteiger partial charge >= 0.3 is 5.69 Å². The van der Waals surface area contributed by atoms with Gasteiger partial charge in [-0.15, -0.1) is 0 Å². The summed E-state index contributed by atoms with van der Waals surface area (Å²) in [6, 6.07) is 5.71. The van der Waals surface area contributed by atoms with Gasteiger partial charge in [-0.05, 0) is 25.0 Å². The number of likely N-dealkylation sites (tertiary alicyclic amines) is 1. The van der Waals surface area contributed by atoms with Crippen molar-refractivity contribution in [3.05, 3.63) is 47.3 Å². The van der Waals surface area contributed by atoms with Gasteiger partial charge in [0.2, 0.25) is 5.91 Å². The minimum Gasteiger partial charge on any atom is -0.341 e. The number of hydrogen-bond acceptors (Lipinski definition) is 5. The van der Waals surface area contributed by atoms with Crippen molar-refractivity contribution < 1.29 is 4.79 Å². The van der Waals surface area contributed by atoms with Crippen LogP contribution in [0.2, 0.25) is 0 Å². The van der Waals surface area contributed by atoms with E-state index in [4.69, 9.17) is 4.98 Å². The SMILES string of the molecule is CC(=O)N1CCC[C@H](n2c(=O)n(C)c3cnc(-c4cnn5ccccc45)nc32)C1. The van der Waals surface area contributed by atoms with E-state index in [1.54, 1.807) is 44.9 Å². The van der Waals surface area contributed by atoms with E-state index in [2.05, 4.69) is 10.1 Å². The molecule has 1 aliphatic heterocycles. The van der Waals surface area contributed by atoms with Gasteiger partial charge < -0.3 is 4.90 Å². The van der Waals surface area contributed by atoms with E-state index >= 15 is 0 Å². The largest absolute Gasteiger partial charge is 0.341 e. The molecule has 5 rings (SSSR count). The zero-order chi connectivity index (χ0) is 20.1. The van der Waals surface area contributed by atoms with E-state index in [0.29, 0.717) is 23.5 Å². The molecular formula is C20H21N7O2.